The maximum atomic E-state index is 13.3. The molecule has 0 amide bonds. The number of nitrogens with zero attached hydrogens (tertiary/aromatic N) is 4. The zero-order valence-corrected chi connectivity index (χ0v) is 14.7. The molecule has 5 nitrogen and oxygen atoms in total. The Hall–Kier alpha value is -1.58. The van der Waals surface area contributed by atoms with Crippen molar-refractivity contribution in [2.24, 2.45) is 5.92 Å². The van der Waals surface area contributed by atoms with Gasteiger partial charge in [0.2, 0.25) is 5.82 Å². The maximum absolute atomic E-state index is 13.3. The molecule has 0 saturated heterocycles. The fourth-order valence-corrected chi connectivity index (χ4v) is 3.68. The minimum Gasteiger partial charge on any atom is -0.396 e. The van der Waals surface area contributed by atoms with Crippen LogP contribution in [0.4, 0.5) is 13.2 Å². The molecule has 1 unspecified atom stereocenters. The highest BCUT2D eigenvalue weighted by atomic mass is 35.5. The molecule has 0 aliphatic carbocycles. The van der Waals surface area contributed by atoms with E-state index in [0.29, 0.717) is 21.3 Å². The number of aromatic nitrogens is 4. The third kappa shape index (κ3) is 3.54. The van der Waals surface area contributed by atoms with Gasteiger partial charge in [0.25, 0.3) is 0 Å². The minimum absolute atomic E-state index is 0.00344. The normalized spacial score (nSPS) is 13.7. The molecule has 2 heterocycles. The van der Waals surface area contributed by atoms with Crippen LogP contribution in [0.3, 0.4) is 0 Å². The molecular weight excluding hydrogens is 377 g/mol. The first-order valence-electron chi connectivity index (χ1n) is 7.50. The van der Waals surface area contributed by atoms with Gasteiger partial charge in [0.1, 0.15) is 5.03 Å². The van der Waals surface area contributed by atoms with Crippen molar-refractivity contribution >= 4 is 40.0 Å². The zero-order valence-electron chi connectivity index (χ0n) is 13.1. The SMILES string of the molecule is CCC(CO)CSc1nc2ccc(Cl)cc2n2c(C(F)(F)F)nnc12. The van der Waals surface area contributed by atoms with Gasteiger partial charge in [-0.1, -0.05) is 24.9 Å². The number of hydrogen-bond donors (Lipinski definition) is 1. The molecule has 0 spiro atoms. The lowest BCUT2D eigenvalue weighted by Gasteiger charge is -2.12. The lowest BCUT2D eigenvalue weighted by molar-refractivity contribution is -0.145. The predicted molar refractivity (Wildman–Crippen MR) is 89.9 cm³/mol. The van der Waals surface area contributed by atoms with E-state index in [1.54, 1.807) is 12.1 Å². The predicted octanol–water partition coefficient (Wildman–Crippen LogP) is 4.06. The number of hydrogen-bond acceptors (Lipinski definition) is 5. The van der Waals surface area contributed by atoms with Gasteiger partial charge in [-0.2, -0.15) is 13.2 Å². The van der Waals surface area contributed by atoms with E-state index in [4.69, 9.17) is 11.6 Å². The Morgan fingerprint density at radius 3 is 2.72 bits per heavy atom. The van der Waals surface area contributed by atoms with Crippen LogP contribution in [0.2, 0.25) is 5.02 Å². The van der Waals surface area contributed by atoms with Gasteiger partial charge in [-0.3, -0.25) is 4.40 Å². The summed E-state index contributed by atoms with van der Waals surface area (Å²) in [6, 6.07) is 4.54. The van der Waals surface area contributed by atoms with E-state index in [1.807, 2.05) is 6.92 Å². The largest absolute Gasteiger partial charge is 0.452 e. The van der Waals surface area contributed by atoms with E-state index in [-0.39, 0.29) is 23.7 Å². The Balaban J connectivity index is 2.21. The maximum Gasteiger partial charge on any atom is 0.452 e. The molecule has 1 atom stereocenters. The van der Waals surface area contributed by atoms with Gasteiger partial charge in [0.15, 0.2) is 5.65 Å². The van der Waals surface area contributed by atoms with Crippen molar-refractivity contribution in [3.8, 4) is 0 Å². The molecule has 0 saturated carbocycles. The van der Waals surface area contributed by atoms with E-state index in [0.717, 1.165) is 10.8 Å². The van der Waals surface area contributed by atoms with E-state index in [9.17, 15) is 18.3 Å². The first-order chi connectivity index (χ1) is 11.8. The van der Waals surface area contributed by atoms with Crippen LogP contribution >= 0.6 is 23.4 Å². The number of aliphatic hydroxyl groups is 1. The summed E-state index contributed by atoms with van der Waals surface area (Å²) in [5, 5.41) is 16.9. The molecule has 1 aromatic carbocycles. The minimum atomic E-state index is -4.66. The summed E-state index contributed by atoms with van der Waals surface area (Å²) in [5.74, 6) is -0.575. The van der Waals surface area contributed by atoms with Crippen LogP contribution in [0.1, 0.15) is 19.2 Å². The van der Waals surface area contributed by atoms with Gasteiger partial charge in [0.05, 0.1) is 11.0 Å². The van der Waals surface area contributed by atoms with Crippen molar-refractivity contribution in [3.05, 3.63) is 29.0 Å². The standard InChI is InChI=1S/C15H14ClF3N4OS/c1-2-8(6-24)7-25-13-12-21-22-14(15(17,18)19)23(12)11-5-9(16)3-4-10(11)20-13/h3-5,8,24H,2,6-7H2,1H3. The Labute approximate surface area is 150 Å². The highest BCUT2D eigenvalue weighted by Crippen LogP contribution is 2.34. The highest BCUT2D eigenvalue weighted by Gasteiger charge is 2.38. The molecule has 3 aromatic rings. The molecule has 25 heavy (non-hydrogen) atoms. The number of fused-ring (bicyclic) bond motifs is 3. The molecule has 134 valence electrons. The van der Waals surface area contributed by atoms with E-state index >= 15 is 0 Å². The van der Waals surface area contributed by atoms with Crippen molar-refractivity contribution < 1.29 is 18.3 Å². The summed E-state index contributed by atoms with van der Waals surface area (Å²) in [6.07, 6.45) is -3.90. The van der Waals surface area contributed by atoms with Crippen LogP contribution in [-0.4, -0.2) is 37.0 Å². The van der Waals surface area contributed by atoms with Crippen LogP contribution in [0.5, 0.6) is 0 Å². The smallest absolute Gasteiger partial charge is 0.396 e. The Morgan fingerprint density at radius 1 is 1.32 bits per heavy atom. The average Bonchev–Trinajstić information content (AvgIpc) is 3.02. The molecule has 2 aromatic heterocycles. The highest BCUT2D eigenvalue weighted by molar-refractivity contribution is 7.99. The molecule has 0 aliphatic rings. The van der Waals surface area contributed by atoms with E-state index in [2.05, 4.69) is 15.2 Å². The van der Waals surface area contributed by atoms with Crippen molar-refractivity contribution in [1.29, 1.82) is 0 Å². The summed E-state index contributed by atoms with van der Waals surface area (Å²) in [7, 11) is 0. The fraction of sp³-hybridized carbons (Fsp3) is 0.400. The number of rotatable bonds is 5. The monoisotopic (exact) mass is 390 g/mol. The second kappa shape index (κ2) is 6.97. The lowest BCUT2D eigenvalue weighted by atomic mass is 10.1. The quantitative estimate of drug-likeness (QED) is 0.665. The molecule has 3 rings (SSSR count). The molecule has 0 aliphatic heterocycles. The molecular formula is C15H14ClF3N4OS. The third-order valence-electron chi connectivity index (χ3n) is 3.80. The van der Waals surface area contributed by atoms with Crippen LogP contribution in [0.25, 0.3) is 16.7 Å². The van der Waals surface area contributed by atoms with Crippen molar-refractivity contribution in [1.82, 2.24) is 19.6 Å². The summed E-state index contributed by atoms with van der Waals surface area (Å²) in [4.78, 5) is 4.41. The van der Waals surface area contributed by atoms with E-state index < -0.39 is 12.0 Å². The van der Waals surface area contributed by atoms with Crippen molar-refractivity contribution in [2.75, 3.05) is 12.4 Å². The molecule has 0 fully saturated rings. The summed E-state index contributed by atoms with van der Waals surface area (Å²) in [5.41, 5.74) is 0.583. The Kier molecular flexibility index (Phi) is 5.08. The van der Waals surface area contributed by atoms with Crippen LogP contribution in [0, 0.1) is 5.92 Å². The number of alkyl halides is 3. The number of thioether (sulfide) groups is 1. The third-order valence-corrected chi connectivity index (χ3v) is 5.22. The number of aliphatic hydroxyl groups excluding tert-OH is 1. The molecule has 1 N–H and O–H groups in total. The Bertz CT molecular complexity index is 911. The lowest BCUT2D eigenvalue weighted by Crippen LogP contribution is -2.12. The van der Waals surface area contributed by atoms with Gasteiger partial charge in [-0.25, -0.2) is 4.98 Å². The average molecular weight is 391 g/mol. The van der Waals surface area contributed by atoms with Crippen LogP contribution in [-0.2, 0) is 6.18 Å². The van der Waals surface area contributed by atoms with E-state index in [1.165, 1.54) is 17.8 Å². The first kappa shape index (κ1) is 18.2. The summed E-state index contributed by atoms with van der Waals surface area (Å²) in [6.45, 7) is 1.94. The topological polar surface area (TPSA) is 63.3 Å². The van der Waals surface area contributed by atoms with Gasteiger partial charge >= 0.3 is 6.18 Å². The molecule has 0 radical (unpaired) electrons. The fourth-order valence-electron chi connectivity index (χ4n) is 2.36. The van der Waals surface area contributed by atoms with Gasteiger partial charge in [-0.05, 0) is 24.1 Å². The molecule has 10 heteroatoms. The Morgan fingerprint density at radius 2 is 2.08 bits per heavy atom. The van der Waals surface area contributed by atoms with Crippen LogP contribution < -0.4 is 0 Å². The van der Waals surface area contributed by atoms with Crippen molar-refractivity contribution in [3.63, 3.8) is 0 Å². The first-order valence-corrected chi connectivity index (χ1v) is 8.86. The van der Waals surface area contributed by atoms with Crippen LogP contribution in [0.15, 0.2) is 23.2 Å². The second-order valence-electron chi connectivity index (χ2n) is 5.50. The van der Waals surface area contributed by atoms with Crippen molar-refractivity contribution in [2.45, 2.75) is 24.5 Å². The molecule has 0 bridgehead atoms. The number of benzene rings is 1. The number of halogens is 4. The summed E-state index contributed by atoms with van der Waals surface area (Å²) >= 11 is 7.19. The van der Waals surface area contributed by atoms with Gasteiger partial charge in [0, 0.05) is 17.4 Å². The van der Waals surface area contributed by atoms with Gasteiger partial charge in [-0.15, -0.1) is 22.0 Å². The van der Waals surface area contributed by atoms with Gasteiger partial charge < -0.3 is 5.11 Å². The summed E-state index contributed by atoms with van der Waals surface area (Å²) < 4.78 is 40.9. The second-order valence-corrected chi connectivity index (χ2v) is 6.94. The zero-order chi connectivity index (χ0) is 18.2.